The minimum absolute atomic E-state index is 0.0166. The number of carbonyl (C=O) groups excluding carboxylic acids is 1. The zero-order valence-corrected chi connectivity index (χ0v) is 19.7. The van der Waals surface area contributed by atoms with Crippen LogP contribution in [0.4, 0.5) is 18.0 Å². The van der Waals surface area contributed by atoms with Gasteiger partial charge in [0.25, 0.3) is 0 Å². The predicted octanol–water partition coefficient (Wildman–Crippen LogP) is 5.53. The number of amides is 1. The zero-order valence-electron chi connectivity index (χ0n) is 19.7. The Balaban J connectivity index is 1.94. The highest BCUT2D eigenvalue weighted by atomic mass is 19.1. The second-order valence-electron chi connectivity index (χ2n) is 9.43. The summed E-state index contributed by atoms with van der Waals surface area (Å²) in [7, 11) is 0. The number of nitrogens with one attached hydrogen (secondary N) is 1. The summed E-state index contributed by atoms with van der Waals surface area (Å²) in [4.78, 5) is 36.8. The molecular formula is C26H23F3N2O5. The van der Waals surface area contributed by atoms with Crippen LogP contribution in [0.1, 0.15) is 56.0 Å². The van der Waals surface area contributed by atoms with Crippen molar-refractivity contribution in [1.82, 2.24) is 9.88 Å². The van der Waals surface area contributed by atoms with Crippen LogP contribution in [0.15, 0.2) is 47.0 Å². The van der Waals surface area contributed by atoms with Crippen molar-refractivity contribution in [2.24, 2.45) is 0 Å². The Morgan fingerprint density at radius 1 is 1.06 bits per heavy atom. The molecule has 0 fully saturated rings. The monoisotopic (exact) mass is 500 g/mol. The van der Waals surface area contributed by atoms with Crippen molar-refractivity contribution in [3.05, 3.63) is 81.0 Å². The van der Waals surface area contributed by atoms with Crippen LogP contribution in [0, 0.1) is 17.5 Å². The first-order chi connectivity index (χ1) is 16.9. The molecule has 36 heavy (non-hydrogen) atoms. The van der Waals surface area contributed by atoms with Crippen LogP contribution in [0.25, 0.3) is 22.2 Å². The van der Waals surface area contributed by atoms with Crippen molar-refractivity contribution in [3.8, 4) is 5.69 Å². The molecule has 10 heteroatoms. The summed E-state index contributed by atoms with van der Waals surface area (Å²) in [6, 6.07) is 4.89. The van der Waals surface area contributed by atoms with Gasteiger partial charge in [-0.05, 0) is 69.9 Å². The molecule has 0 unspecified atom stereocenters. The Hall–Kier alpha value is -4.08. The number of aromatic carboxylic acids is 1. The molecule has 1 aliphatic carbocycles. The van der Waals surface area contributed by atoms with Crippen molar-refractivity contribution in [2.75, 3.05) is 0 Å². The van der Waals surface area contributed by atoms with Gasteiger partial charge in [-0.3, -0.25) is 10.1 Å². The topological polar surface area (TPSA) is 97.6 Å². The fourth-order valence-corrected chi connectivity index (χ4v) is 4.21. The first kappa shape index (κ1) is 25.0. The van der Waals surface area contributed by atoms with Gasteiger partial charge < -0.3 is 14.4 Å². The van der Waals surface area contributed by atoms with E-state index in [-0.39, 0.29) is 22.2 Å². The maximum Gasteiger partial charge on any atom is 0.411 e. The third kappa shape index (κ3) is 4.84. The first-order valence-electron chi connectivity index (χ1n) is 11.2. The number of rotatable bonds is 4. The van der Waals surface area contributed by atoms with Crippen molar-refractivity contribution < 1.29 is 32.6 Å². The number of ether oxygens (including phenoxy) is 1. The van der Waals surface area contributed by atoms with Crippen LogP contribution >= 0.6 is 0 Å². The van der Waals surface area contributed by atoms with E-state index in [2.05, 4.69) is 5.32 Å². The average Bonchev–Trinajstić information content (AvgIpc) is 3.20. The van der Waals surface area contributed by atoms with Gasteiger partial charge >= 0.3 is 12.1 Å². The van der Waals surface area contributed by atoms with E-state index in [1.807, 2.05) is 0 Å². The van der Waals surface area contributed by atoms with Crippen molar-refractivity contribution in [3.63, 3.8) is 0 Å². The van der Waals surface area contributed by atoms with E-state index < -0.39 is 46.1 Å². The second kappa shape index (κ2) is 9.18. The molecule has 0 spiro atoms. The fraction of sp³-hybridized carbons (Fsp3) is 0.269. The smallest absolute Gasteiger partial charge is 0.411 e. The fourth-order valence-electron chi connectivity index (χ4n) is 4.21. The predicted molar refractivity (Wildman–Crippen MR) is 127 cm³/mol. The summed E-state index contributed by atoms with van der Waals surface area (Å²) in [6.45, 7) is 5.12. The van der Waals surface area contributed by atoms with Crippen LogP contribution in [-0.2, 0) is 4.74 Å². The third-order valence-electron chi connectivity index (χ3n) is 5.69. The molecule has 1 heterocycles. The summed E-state index contributed by atoms with van der Waals surface area (Å²) in [5.41, 5.74) is -1.62. The number of carbonyl (C=O) groups is 2. The molecule has 0 atom stereocenters. The Bertz CT molecular complexity index is 1500. The van der Waals surface area contributed by atoms with E-state index in [0.29, 0.717) is 36.6 Å². The molecule has 0 saturated carbocycles. The largest absolute Gasteiger partial charge is 0.477 e. The van der Waals surface area contributed by atoms with Gasteiger partial charge in [-0.15, -0.1) is 0 Å². The van der Waals surface area contributed by atoms with E-state index in [1.165, 1.54) is 6.07 Å². The molecule has 2 N–H and O–H groups in total. The number of aromatic nitrogens is 1. The van der Waals surface area contributed by atoms with E-state index in [9.17, 15) is 28.3 Å². The van der Waals surface area contributed by atoms with Crippen LogP contribution in [-0.4, -0.2) is 27.3 Å². The Kier molecular flexibility index (Phi) is 6.38. The minimum Gasteiger partial charge on any atom is -0.477 e. The lowest BCUT2D eigenvalue weighted by Crippen LogP contribution is -2.32. The molecule has 7 nitrogen and oxygen atoms in total. The number of benzene rings is 2. The molecule has 0 aliphatic heterocycles. The molecule has 0 radical (unpaired) electrons. The quantitative estimate of drug-likeness (QED) is 0.491. The molecule has 1 aliphatic rings. The van der Waals surface area contributed by atoms with Gasteiger partial charge in [-0.25, -0.2) is 22.8 Å². The van der Waals surface area contributed by atoms with E-state index in [4.69, 9.17) is 4.74 Å². The maximum atomic E-state index is 15.3. The van der Waals surface area contributed by atoms with Gasteiger partial charge in [0.2, 0.25) is 5.43 Å². The number of pyridine rings is 1. The average molecular weight is 500 g/mol. The number of hydrogen-bond acceptors (Lipinski definition) is 4. The van der Waals surface area contributed by atoms with Crippen LogP contribution in [0.3, 0.4) is 0 Å². The SMILES string of the molecule is CC(C)(C)OC(=O)NC1=C(c2cc3c(cc2F)c(=O)c(C(=O)O)cn3-c2ccc(F)cc2F)CCC1. The maximum absolute atomic E-state index is 15.3. The number of nitrogens with zero attached hydrogens (tertiary/aromatic N) is 1. The number of alkyl carbamates (subject to hydrolysis) is 1. The van der Waals surface area contributed by atoms with Crippen molar-refractivity contribution >= 4 is 28.5 Å². The van der Waals surface area contributed by atoms with Gasteiger partial charge in [-0.1, -0.05) is 0 Å². The minimum atomic E-state index is -1.58. The van der Waals surface area contributed by atoms with Gasteiger partial charge in [0, 0.05) is 28.9 Å². The Morgan fingerprint density at radius 2 is 1.78 bits per heavy atom. The number of halogens is 3. The van der Waals surface area contributed by atoms with Crippen LogP contribution in [0.2, 0.25) is 0 Å². The van der Waals surface area contributed by atoms with E-state index in [1.54, 1.807) is 20.8 Å². The standard InChI is InChI=1S/C26H23F3N2O5/c1-26(2,3)36-25(35)30-20-6-4-5-14(20)15-11-22-16(10-18(15)28)23(32)17(24(33)34)12-31(22)21-8-7-13(27)9-19(21)29/h7-12H,4-6H2,1-3H3,(H,30,35)(H,33,34). The molecule has 188 valence electrons. The molecule has 0 saturated heterocycles. The van der Waals surface area contributed by atoms with Crippen LogP contribution in [0.5, 0.6) is 0 Å². The number of hydrogen-bond donors (Lipinski definition) is 2. The Labute approximate surface area is 203 Å². The number of fused-ring (bicyclic) bond motifs is 1. The summed E-state index contributed by atoms with van der Waals surface area (Å²) >= 11 is 0. The summed E-state index contributed by atoms with van der Waals surface area (Å²) < 4.78 is 49.9. The number of carboxylic acids is 1. The molecule has 3 aromatic rings. The molecule has 1 amide bonds. The van der Waals surface area contributed by atoms with Gasteiger partial charge in [-0.2, -0.15) is 0 Å². The lowest BCUT2D eigenvalue weighted by atomic mass is 10.00. The van der Waals surface area contributed by atoms with Gasteiger partial charge in [0.05, 0.1) is 11.2 Å². The summed E-state index contributed by atoms with van der Waals surface area (Å²) in [6.07, 6.45) is 1.71. The van der Waals surface area contributed by atoms with Crippen molar-refractivity contribution in [2.45, 2.75) is 45.6 Å². The highest BCUT2D eigenvalue weighted by Gasteiger charge is 2.25. The molecule has 4 rings (SSSR count). The Morgan fingerprint density at radius 3 is 2.42 bits per heavy atom. The number of carboxylic acid groups (broad SMARTS) is 1. The van der Waals surface area contributed by atoms with E-state index in [0.717, 1.165) is 29.0 Å². The molecule has 2 aromatic carbocycles. The molecule has 0 bridgehead atoms. The highest BCUT2D eigenvalue weighted by molar-refractivity contribution is 5.94. The normalized spacial score (nSPS) is 13.8. The van der Waals surface area contributed by atoms with Crippen molar-refractivity contribution in [1.29, 1.82) is 0 Å². The third-order valence-corrected chi connectivity index (χ3v) is 5.69. The lowest BCUT2D eigenvalue weighted by molar-refractivity contribution is 0.0544. The van der Waals surface area contributed by atoms with Gasteiger partial charge in [0.15, 0.2) is 0 Å². The summed E-state index contributed by atoms with van der Waals surface area (Å²) in [5, 5.41) is 11.9. The van der Waals surface area contributed by atoms with Crippen LogP contribution < -0.4 is 10.7 Å². The molecular weight excluding hydrogens is 477 g/mol. The summed E-state index contributed by atoms with van der Waals surface area (Å²) in [5.74, 6) is -4.24. The lowest BCUT2D eigenvalue weighted by Gasteiger charge is -2.20. The number of allylic oxidation sites excluding steroid dienone is 2. The zero-order chi connectivity index (χ0) is 26.4. The second-order valence-corrected chi connectivity index (χ2v) is 9.43. The van der Waals surface area contributed by atoms with E-state index >= 15 is 4.39 Å². The van der Waals surface area contributed by atoms with Gasteiger partial charge in [0.1, 0.15) is 28.6 Å². The molecule has 1 aromatic heterocycles. The first-order valence-corrected chi connectivity index (χ1v) is 11.2. The highest BCUT2D eigenvalue weighted by Crippen LogP contribution is 2.36.